The Bertz CT molecular complexity index is 318. The van der Waals surface area contributed by atoms with E-state index in [1.165, 1.54) is 19.3 Å². The minimum atomic E-state index is 0.615. The third-order valence-electron chi connectivity index (χ3n) is 3.17. The third-order valence-corrected chi connectivity index (χ3v) is 3.64. The Morgan fingerprint density at radius 1 is 1.38 bits per heavy atom. The Balaban J connectivity index is 2.04. The van der Waals surface area contributed by atoms with Crippen molar-refractivity contribution in [1.82, 2.24) is 10.3 Å². The monoisotopic (exact) mass is 283 g/mol. The highest BCUT2D eigenvalue weighted by molar-refractivity contribution is 9.10. The van der Waals surface area contributed by atoms with E-state index in [4.69, 9.17) is 0 Å². The van der Waals surface area contributed by atoms with E-state index in [9.17, 15) is 0 Å². The van der Waals surface area contributed by atoms with Crippen molar-refractivity contribution in [2.75, 3.05) is 25.0 Å². The first-order valence-corrected chi connectivity index (χ1v) is 6.62. The summed E-state index contributed by atoms with van der Waals surface area (Å²) in [5, 5.41) is 3.44. The molecule has 1 saturated heterocycles. The van der Waals surface area contributed by atoms with Crippen molar-refractivity contribution in [3.8, 4) is 0 Å². The predicted molar refractivity (Wildman–Crippen MR) is 70.8 cm³/mol. The third kappa shape index (κ3) is 2.95. The summed E-state index contributed by atoms with van der Waals surface area (Å²) in [6.07, 6.45) is 5.57. The first kappa shape index (κ1) is 11.9. The van der Waals surface area contributed by atoms with E-state index in [1.807, 2.05) is 12.3 Å². The van der Waals surface area contributed by atoms with Crippen molar-refractivity contribution < 1.29 is 0 Å². The van der Waals surface area contributed by atoms with Gasteiger partial charge in [0.25, 0.3) is 0 Å². The summed E-state index contributed by atoms with van der Waals surface area (Å²) in [4.78, 5) is 6.75. The Morgan fingerprint density at radius 3 is 3.00 bits per heavy atom. The molecule has 0 radical (unpaired) electrons. The zero-order valence-electron chi connectivity index (χ0n) is 9.62. The van der Waals surface area contributed by atoms with Crippen molar-refractivity contribution >= 4 is 21.7 Å². The maximum atomic E-state index is 4.44. The van der Waals surface area contributed by atoms with Crippen LogP contribution >= 0.6 is 15.9 Å². The highest BCUT2D eigenvalue weighted by atomic mass is 79.9. The molecule has 1 N–H and O–H groups in total. The number of pyridine rings is 1. The zero-order valence-corrected chi connectivity index (χ0v) is 11.2. The van der Waals surface area contributed by atoms with Gasteiger partial charge in [0.2, 0.25) is 0 Å². The number of hydrogen-bond acceptors (Lipinski definition) is 3. The molecule has 1 atom stereocenters. The zero-order chi connectivity index (χ0) is 11.4. The highest BCUT2D eigenvalue weighted by Crippen LogP contribution is 2.19. The molecule has 2 heterocycles. The van der Waals surface area contributed by atoms with E-state index >= 15 is 0 Å². The number of hydrogen-bond donors (Lipinski definition) is 1. The molecular weight excluding hydrogens is 266 g/mol. The summed E-state index contributed by atoms with van der Waals surface area (Å²) in [5.41, 5.74) is 0. The van der Waals surface area contributed by atoms with E-state index in [-0.39, 0.29) is 0 Å². The number of anilines is 1. The second-order valence-corrected chi connectivity index (χ2v) is 5.20. The Hall–Kier alpha value is -0.610. The Kier molecular flexibility index (Phi) is 4.18. The molecule has 0 amide bonds. The summed E-state index contributed by atoms with van der Waals surface area (Å²) < 4.78 is 1.03. The van der Waals surface area contributed by atoms with E-state index < -0.39 is 0 Å². The molecule has 0 bridgehead atoms. The topological polar surface area (TPSA) is 28.2 Å². The van der Waals surface area contributed by atoms with Gasteiger partial charge in [0, 0.05) is 23.8 Å². The molecule has 2 rings (SSSR count). The summed E-state index contributed by atoms with van der Waals surface area (Å²) >= 11 is 3.41. The SMILES string of the molecule is CN(c1ccc(Br)cn1)C1CCCNCC1. The van der Waals surface area contributed by atoms with Crippen LogP contribution in [0.3, 0.4) is 0 Å². The molecule has 1 aliphatic rings. The van der Waals surface area contributed by atoms with Crippen LogP contribution in [-0.2, 0) is 0 Å². The largest absolute Gasteiger partial charge is 0.357 e. The Labute approximate surface area is 105 Å². The minimum absolute atomic E-state index is 0.615. The second kappa shape index (κ2) is 5.64. The molecule has 1 aromatic rings. The highest BCUT2D eigenvalue weighted by Gasteiger charge is 2.17. The van der Waals surface area contributed by atoms with Gasteiger partial charge in [-0.05, 0) is 60.4 Å². The minimum Gasteiger partial charge on any atom is -0.357 e. The van der Waals surface area contributed by atoms with Gasteiger partial charge in [-0.25, -0.2) is 4.98 Å². The molecular formula is C12H18BrN3. The van der Waals surface area contributed by atoms with E-state index in [0.29, 0.717) is 6.04 Å². The van der Waals surface area contributed by atoms with Crippen LogP contribution in [0, 0.1) is 0 Å². The maximum Gasteiger partial charge on any atom is 0.128 e. The van der Waals surface area contributed by atoms with Crippen LogP contribution in [0.1, 0.15) is 19.3 Å². The quantitative estimate of drug-likeness (QED) is 0.904. The van der Waals surface area contributed by atoms with Crippen molar-refractivity contribution in [3.05, 3.63) is 22.8 Å². The molecule has 1 aliphatic heterocycles. The number of halogens is 1. The molecule has 88 valence electrons. The van der Waals surface area contributed by atoms with Gasteiger partial charge in [0.15, 0.2) is 0 Å². The lowest BCUT2D eigenvalue weighted by Crippen LogP contribution is -2.32. The summed E-state index contributed by atoms with van der Waals surface area (Å²) in [6, 6.07) is 4.74. The summed E-state index contributed by atoms with van der Waals surface area (Å²) in [6.45, 7) is 2.27. The van der Waals surface area contributed by atoms with Gasteiger partial charge in [0.1, 0.15) is 5.82 Å². The van der Waals surface area contributed by atoms with E-state index in [1.54, 1.807) is 0 Å². The Morgan fingerprint density at radius 2 is 2.25 bits per heavy atom. The molecule has 0 aromatic carbocycles. The molecule has 16 heavy (non-hydrogen) atoms. The lowest BCUT2D eigenvalue weighted by atomic mass is 10.1. The lowest BCUT2D eigenvalue weighted by Gasteiger charge is -2.27. The van der Waals surface area contributed by atoms with Gasteiger partial charge in [-0.15, -0.1) is 0 Å². The van der Waals surface area contributed by atoms with Crippen LogP contribution in [0.15, 0.2) is 22.8 Å². The predicted octanol–water partition coefficient (Wildman–Crippen LogP) is 2.42. The van der Waals surface area contributed by atoms with Crippen LogP contribution in [0.5, 0.6) is 0 Å². The lowest BCUT2D eigenvalue weighted by molar-refractivity contribution is 0.562. The van der Waals surface area contributed by atoms with Crippen molar-refractivity contribution in [2.24, 2.45) is 0 Å². The fraction of sp³-hybridized carbons (Fsp3) is 0.583. The van der Waals surface area contributed by atoms with Crippen molar-refractivity contribution in [2.45, 2.75) is 25.3 Å². The molecule has 4 heteroatoms. The van der Waals surface area contributed by atoms with Crippen molar-refractivity contribution in [1.29, 1.82) is 0 Å². The molecule has 3 nitrogen and oxygen atoms in total. The van der Waals surface area contributed by atoms with Crippen LogP contribution in [0.2, 0.25) is 0 Å². The number of nitrogens with one attached hydrogen (secondary N) is 1. The van der Waals surface area contributed by atoms with Crippen LogP contribution in [-0.4, -0.2) is 31.2 Å². The molecule has 0 aliphatic carbocycles. The van der Waals surface area contributed by atoms with Gasteiger partial charge in [-0.1, -0.05) is 0 Å². The van der Waals surface area contributed by atoms with Gasteiger partial charge in [-0.3, -0.25) is 0 Å². The van der Waals surface area contributed by atoms with Gasteiger partial charge in [0.05, 0.1) is 0 Å². The number of aromatic nitrogens is 1. The second-order valence-electron chi connectivity index (χ2n) is 4.28. The maximum absolute atomic E-state index is 4.44. The average Bonchev–Trinajstić information content (AvgIpc) is 2.57. The molecule has 1 unspecified atom stereocenters. The summed E-state index contributed by atoms with van der Waals surface area (Å²) in [7, 11) is 2.15. The van der Waals surface area contributed by atoms with Crippen LogP contribution in [0.4, 0.5) is 5.82 Å². The standard InChI is InChI=1S/C12H18BrN3/c1-16(11-3-2-7-14-8-6-11)12-5-4-10(13)9-15-12/h4-5,9,11,14H,2-3,6-8H2,1H3. The first-order chi connectivity index (χ1) is 7.77. The van der Waals surface area contributed by atoms with Crippen molar-refractivity contribution in [3.63, 3.8) is 0 Å². The fourth-order valence-corrected chi connectivity index (χ4v) is 2.39. The van der Waals surface area contributed by atoms with E-state index in [0.717, 1.165) is 23.4 Å². The normalized spacial score (nSPS) is 21.5. The van der Waals surface area contributed by atoms with Crippen LogP contribution in [0.25, 0.3) is 0 Å². The molecule has 1 aromatic heterocycles. The molecule has 0 spiro atoms. The number of rotatable bonds is 2. The van der Waals surface area contributed by atoms with E-state index in [2.05, 4.69) is 44.2 Å². The summed E-state index contributed by atoms with van der Waals surface area (Å²) in [5.74, 6) is 1.06. The average molecular weight is 284 g/mol. The fourth-order valence-electron chi connectivity index (χ4n) is 2.15. The van der Waals surface area contributed by atoms with Crippen LogP contribution < -0.4 is 10.2 Å². The number of nitrogens with zero attached hydrogens (tertiary/aromatic N) is 2. The van der Waals surface area contributed by atoms with Gasteiger partial charge < -0.3 is 10.2 Å². The smallest absolute Gasteiger partial charge is 0.128 e. The van der Waals surface area contributed by atoms with Gasteiger partial charge >= 0.3 is 0 Å². The first-order valence-electron chi connectivity index (χ1n) is 5.82. The van der Waals surface area contributed by atoms with Gasteiger partial charge in [-0.2, -0.15) is 0 Å². The molecule has 0 saturated carbocycles. The molecule has 1 fully saturated rings.